The molecule has 2 aliphatic heterocycles. The van der Waals surface area contributed by atoms with Gasteiger partial charge >= 0.3 is 6.09 Å². The summed E-state index contributed by atoms with van der Waals surface area (Å²) < 4.78 is 11.7. The average molecular weight is 337 g/mol. The van der Waals surface area contributed by atoms with Crippen LogP contribution >= 0.6 is 0 Å². The van der Waals surface area contributed by atoms with Crippen molar-refractivity contribution < 1.29 is 14.3 Å². The van der Waals surface area contributed by atoms with Crippen LogP contribution in [0.3, 0.4) is 0 Å². The molecule has 0 aromatic heterocycles. The van der Waals surface area contributed by atoms with Gasteiger partial charge in [-0.05, 0) is 44.9 Å². The van der Waals surface area contributed by atoms with Crippen molar-refractivity contribution in [3.05, 3.63) is 59.2 Å². The van der Waals surface area contributed by atoms with Gasteiger partial charge in [0.1, 0.15) is 17.1 Å². The number of carbonyl (C=O) groups is 1. The number of amides is 1. The molecule has 0 aliphatic carbocycles. The molecule has 130 valence electrons. The van der Waals surface area contributed by atoms with E-state index in [0.29, 0.717) is 13.1 Å². The number of hydrogen-bond acceptors (Lipinski definition) is 3. The number of rotatable bonds is 0. The van der Waals surface area contributed by atoms with Crippen LogP contribution in [0.1, 0.15) is 43.4 Å². The lowest BCUT2D eigenvalue weighted by molar-refractivity contribution is 0.0250. The van der Waals surface area contributed by atoms with Gasteiger partial charge in [0.05, 0.1) is 0 Å². The summed E-state index contributed by atoms with van der Waals surface area (Å²) >= 11 is 0. The Morgan fingerprint density at radius 3 is 2.68 bits per heavy atom. The van der Waals surface area contributed by atoms with Crippen molar-refractivity contribution in [2.45, 2.75) is 38.7 Å². The summed E-state index contributed by atoms with van der Waals surface area (Å²) in [7, 11) is 0. The lowest BCUT2D eigenvalue weighted by Gasteiger charge is -2.32. The van der Waals surface area contributed by atoms with E-state index < -0.39 is 5.60 Å². The highest BCUT2D eigenvalue weighted by Crippen LogP contribution is 2.46. The van der Waals surface area contributed by atoms with E-state index in [1.54, 1.807) is 0 Å². The van der Waals surface area contributed by atoms with Crippen LogP contribution in [0.4, 0.5) is 4.79 Å². The Bertz CT molecular complexity index is 822. The third kappa shape index (κ3) is 2.97. The van der Waals surface area contributed by atoms with Gasteiger partial charge in [-0.3, -0.25) is 0 Å². The van der Waals surface area contributed by atoms with Crippen molar-refractivity contribution in [1.29, 1.82) is 0 Å². The van der Waals surface area contributed by atoms with E-state index in [2.05, 4.69) is 12.1 Å². The summed E-state index contributed by atoms with van der Waals surface area (Å²) in [4.78, 5) is 14.5. The SMILES string of the molecule is CC(C)(C)OC(=O)N1CCc2cccc3c2C(C1)c1ccccc1O3. The maximum atomic E-state index is 12.7. The Balaban J connectivity index is 1.74. The Morgan fingerprint density at radius 1 is 1.12 bits per heavy atom. The number of nitrogens with zero attached hydrogens (tertiary/aromatic N) is 1. The van der Waals surface area contributed by atoms with E-state index in [0.717, 1.165) is 23.5 Å². The minimum atomic E-state index is -0.491. The number of ether oxygens (including phenoxy) is 2. The van der Waals surface area contributed by atoms with Crippen molar-refractivity contribution >= 4 is 6.09 Å². The highest BCUT2D eigenvalue weighted by Gasteiger charge is 2.35. The van der Waals surface area contributed by atoms with Crippen molar-refractivity contribution in [2.75, 3.05) is 13.1 Å². The summed E-state index contributed by atoms with van der Waals surface area (Å²) in [5, 5.41) is 0. The molecule has 2 aliphatic rings. The van der Waals surface area contributed by atoms with E-state index in [1.165, 1.54) is 11.1 Å². The molecule has 2 heterocycles. The molecule has 1 unspecified atom stereocenters. The van der Waals surface area contributed by atoms with Gasteiger partial charge in [-0.15, -0.1) is 0 Å². The molecule has 0 bridgehead atoms. The van der Waals surface area contributed by atoms with Crippen molar-refractivity contribution in [3.63, 3.8) is 0 Å². The summed E-state index contributed by atoms with van der Waals surface area (Å²) in [6, 6.07) is 14.3. The maximum absolute atomic E-state index is 12.7. The number of para-hydroxylation sites is 1. The van der Waals surface area contributed by atoms with Gasteiger partial charge in [0.25, 0.3) is 0 Å². The third-order valence-electron chi connectivity index (χ3n) is 4.72. The lowest BCUT2D eigenvalue weighted by atomic mass is 9.85. The molecular weight excluding hydrogens is 314 g/mol. The van der Waals surface area contributed by atoms with E-state index >= 15 is 0 Å². The highest BCUT2D eigenvalue weighted by molar-refractivity contribution is 5.69. The molecule has 25 heavy (non-hydrogen) atoms. The number of benzene rings is 2. The second-order valence-electron chi connectivity index (χ2n) is 7.70. The summed E-state index contributed by atoms with van der Waals surface area (Å²) in [6.45, 7) is 6.97. The summed E-state index contributed by atoms with van der Waals surface area (Å²) in [5.41, 5.74) is 3.11. The predicted molar refractivity (Wildman–Crippen MR) is 96.3 cm³/mol. The van der Waals surface area contributed by atoms with Crippen molar-refractivity contribution in [2.24, 2.45) is 0 Å². The molecule has 0 saturated heterocycles. The minimum Gasteiger partial charge on any atom is -0.457 e. The Kier molecular flexibility index (Phi) is 3.71. The molecule has 1 amide bonds. The van der Waals surface area contributed by atoms with Crippen LogP contribution in [-0.4, -0.2) is 29.7 Å². The molecule has 2 aromatic carbocycles. The van der Waals surface area contributed by atoms with Crippen LogP contribution in [0.25, 0.3) is 0 Å². The van der Waals surface area contributed by atoms with E-state index in [4.69, 9.17) is 9.47 Å². The first-order valence-corrected chi connectivity index (χ1v) is 8.79. The zero-order chi connectivity index (χ0) is 17.6. The summed E-state index contributed by atoms with van der Waals surface area (Å²) in [5.74, 6) is 1.90. The smallest absolute Gasteiger partial charge is 0.410 e. The maximum Gasteiger partial charge on any atom is 0.410 e. The first-order valence-electron chi connectivity index (χ1n) is 8.79. The van der Waals surface area contributed by atoms with Gasteiger partial charge < -0.3 is 14.4 Å². The molecule has 0 fully saturated rings. The molecule has 0 saturated carbocycles. The largest absolute Gasteiger partial charge is 0.457 e. The first kappa shape index (κ1) is 16.0. The number of hydrogen-bond donors (Lipinski definition) is 0. The Hall–Kier alpha value is -2.49. The van der Waals surface area contributed by atoms with Gasteiger partial charge in [0, 0.05) is 30.1 Å². The molecular formula is C21H23NO3. The summed E-state index contributed by atoms with van der Waals surface area (Å²) in [6.07, 6.45) is 0.565. The van der Waals surface area contributed by atoms with Gasteiger partial charge in [0.2, 0.25) is 0 Å². The van der Waals surface area contributed by atoms with E-state index in [1.807, 2.05) is 56.0 Å². The van der Waals surface area contributed by atoms with Crippen LogP contribution in [0.5, 0.6) is 11.5 Å². The first-order chi connectivity index (χ1) is 11.9. The highest BCUT2D eigenvalue weighted by atomic mass is 16.6. The predicted octanol–water partition coefficient (Wildman–Crippen LogP) is 4.72. The number of carbonyl (C=O) groups excluding carboxylic acids is 1. The van der Waals surface area contributed by atoms with Gasteiger partial charge in [-0.1, -0.05) is 30.3 Å². The van der Waals surface area contributed by atoms with Crippen LogP contribution in [-0.2, 0) is 11.2 Å². The standard InChI is InChI=1S/C21H23NO3/c1-21(2,3)25-20(23)22-12-11-14-7-6-10-18-19(14)16(13-22)15-8-4-5-9-17(15)24-18/h4-10,16H,11-13H2,1-3H3. The normalized spacial score (nSPS) is 18.5. The molecule has 0 spiro atoms. The zero-order valence-corrected chi connectivity index (χ0v) is 14.9. The molecule has 4 rings (SSSR count). The van der Waals surface area contributed by atoms with Crippen LogP contribution < -0.4 is 4.74 Å². The fraction of sp³-hybridized carbons (Fsp3) is 0.381. The quantitative estimate of drug-likeness (QED) is 0.698. The second kappa shape index (κ2) is 5.80. The average Bonchev–Trinajstić information content (AvgIpc) is 2.75. The third-order valence-corrected chi connectivity index (χ3v) is 4.72. The van der Waals surface area contributed by atoms with Gasteiger partial charge in [-0.25, -0.2) is 4.79 Å². The van der Waals surface area contributed by atoms with E-state index in [-0.39, 0.29) is 12.0 Å². The number of fused-ring (bicyclic) bond motifs is 2. The van der Waals surface area contributed by atoms with Crippen LogP contribution in [0, 0.1) is 0 Å². The molecule has 4 heteroatoms. The monoisotopic (exact) mass is 337 g/mol. The van der Waals surface area contributed by atoms with Gasteiger partial charge in [0.15, 0.2) is 0 Å². The molecule has 4 nitrogen and oxygen atoms in total. The Morgan fingerprint density at radius 2 is 1.88 bits per heavy atom. The van der Waals surface area contributed by atoms with Crippen molar-refractivity contribution in [1.82, 2.24) is 4.90 Å². The Labute approximate surface area is 148 Å². The molecule has 0 N–H and O–H groups in total. The van der Waals surface area contributed by atoms with Crippen LogP contribution in [0.2, 0.25) is 0 Å². The minimum absolute atomic E-state index is 0.117. The van der Waals surface area contributed by atoms with Gasteiger partial charge in [-0.2, -0.15) is 0 Å². The molecule has 0 radical (unpaired) electrons. The molecule has 1 atom stereocenters. The molecule has 2 aromatic rings. The van der Waals surface area contributed by atoms with Crippen LogP contribution in [0.15, 0.2) is 42.5 Å². The van der Waals surface area contributed by atoms with E-state index in [9.17, 15) is 4.79 Å². The zero-order valence-electron chi connectivity index (χ0n) is 14.9. The second-order valence-corrected chi connectivity index (χ2v) is 7.70. The topological polar surface area (TPSA) is 38.8 Å². The lowest BCUT2D eigenvalue weighted by Crippen LogP contribution is -2.39. The van der Waals surface area contributed by atoms with Crippen molar-refractivity contribution in [3.8, 4) is 11.5 Å². The fourth-order valence-electron chi connectivity index (χ4n) is 3.68. The fourth-order valence-corrected chi connectivity index (χ4v) is 3.68.